The minimum Gasteiger partial charge on any atom is -0.337 e. The van der Waals surface area contributed by atoms with Crippen molar-refractivity contribution in [3.05, 3.63) is 97.3 Å². The Bertz CT molecular complexity index is 1400. The third-order valence-electron chi connectivity index (χ3n) is 4.91. The number of rotatable bonds is 7. The molecule has 0 fully saturated rings. The van der Waals surface area contributed by atoms with Crippen LogP contribution in [0.2, 0.25) is 0 Å². The van der Waals surface area contributed by atoms with Crippen LogP contribution in [0, 0.1) is 0 Å². The Kier molecular flexibility index (Phi) is 5.98. The van der Waals surface area contributed by atoms with Gasteiger partial charge in [-0.05, 0) is 48.5 Å². The van der Waals surface area contributed by atoms with Crippen molar-refractivity contribution in [3.63, 3.8) is 0 Å². The van der Waals surface area contributed by atoms with Gasteiger partial charge in [-0.25, -0.2) is 15.0 Å². The third kappa shape index (κ3) is 5.10. The maximum Gasteiger partial charge on any atom is 0.230 e. The number of H-pyrrole nitrogens is 1. The summed E-state index contributed by atoms with van der Waals surface area (Å²) < 4.78 is 0. The van der Waals surface area contributed by atoms with E-state index >= 15 is 0 Å². The predicted octanol–water partition coefficient (Wildman–Crippen LogP) is 4.25. The Morgan fingerprint density at radius 3 is 2.65 bits per heavy atom. The lowest BCUT2D eigenvalue weighted by atomic mass is 10.2. The van der Waals surface area contributed by atoms with Gasteiger partial charge in [-0.1, -0.05) is 12.1 Å². The first-order valence-electron chi connectivity index (χ1n) is 10.6. The average molecular weight is 448 g/mol. The SMILES string of the molecule is O=C(Cc1ccccn1)Nc1cccc(Nc2nccc(-c3cnc(-c4cccnc4)[nH]3)n2)c1. The Labute approximate surface area is 195 Å². The number of imidazole rings is 1. The Morgan fingerprint density at radius 2 is 1.79 bits per heavy atom. The molecule has 5 rings (SSSR count). The van der Waals surface area contributed by atoms with E-state index < -0.39 is 0 Å². The van der Waals surface area contributed by atoms with Gasteiger partial charge in [0.15, 0.2) is 0 Å². The fraction of sp³-hybridized carbons (Fsp3) is 0.0400. The van der Waals surface area contributed by atoms with Crippen molar-refractivity contribution in [3.8, 4) is 22.8 Å². The second-order valence-electron chi connectivity index (χ2n) is 7.40. The molecule has 1 amide bonds. The molecule has 0 unspecified atom stereocenters. The topological polar surface area (TPSA) is 121 Å². The van der Waals surface area contributed by atoms with E-state index in [-0.39, 0.29) is 12.3 Å². The standard InChI is InChI=1S/C25H20N8O/c34-23(14-18-6-1-2-11-27-18)30-19-7-3-8-20(13-19)31-25-28-12-9-21(33-25)22-16-29-24(32-22)17-5-4-10-26-15-17/h1-13,15-16H,14H2,(H,29,32)(H,30,34)(H,28,31,33). The molecule has 0 radical (unpaired) electrons. The highest BCUT2D eigenvalue weighted by atomic mass is 16.1. The first kappa shape index (κ1) is 21.0. The molecule has 0 bridgehead atoms. The summed E-state index contributed by atoms with van der Waals surface area (Å²) in [6.07, 6.45) is 8.74. The molecule has 1 aromatic carbocycles. The van der Waals surface area contributed by atoms with Gasteiger partial charge >= 0.3 is 0 Å². The van der Waals surface area contributed by atoms with Gasteiger partial charge in [-0.2, -0.15) is 0 Å². The molecule has 0 saturated heterocycles. The van der Waals surface area contributed by atoms with Gasteiger partial charge in [0.2, 0.25) is 11.9 Å². The number of aromatic nitrogens is 6. The number of pyridine rings is 2. The summed E-state index contributed by atoms with van der Waals surface area (Å²) in [5.74, 6) is 0.995. The van der Waals surface area contributed by atoms with Crippen LogP contribution >= 0.6 is 0 Å². The van der Waals surface area contributed by atoms with E-state index in [0.717, 1.165) is 16.9 Å². The molecule has 0 aliphatic heterocycles. The maximum absolute atomic E-state index is 12.3. The first-order chi connectivity index (χ1) is 16.7. The van der Waals surface area contributed by atoms with Crippen molar-refractivity contribution < 1.29 is 4.79 Å². The van der Waals surface area contributed by atoms with Gasteiger partial charge in [0, 0.05) is 47.4 Å². The van der Waals surface area contributed by atoms with Crippen molar-refractivity contribution in [1.82, 2.24) is 29.9 Å². The summed E-state index contributed by atoms with van der Waals surface area (Å²) in [7, 11) is 0. The molecule has 0 aliphatic carbocycles. The van der Waals surface area contributed by atoms with E-state index in [1.54, 1.807) is 37.1 Å². The molecule has 0 spiro atoms. The van der Waals surface area contributed by atoms with Crippen molar-refractivity contribution >= 4 is 23.2 Å². The molecule has 5 aromatic rings. The molecular weight excluding hydrogens is 428 g/mol. The largest absolute Gasteiger partial charge is 0.337 e. The molecule has 9 heteroatoms. The second-order valence-corrected chi connectivity index (χ2v) is 7.40. The van der Waals surface area contributed by atoms with E-state index in [4.69, 9.17) is 0 Å². The summed E-state index contributed by atoms with van der Waals surface area (Å²) in [6.45, 7) is 0. The van der Waals surface area contributed by atoms with Gasteiger partial charge < -0.3 is 15.6 Å². The number of hydrogen-bond acceptors (Lipinski definition) is 7. The van der Waals surface area contributed by atoms with Crippen molar-refractivity contribution in [2.24, 2.45) is 0 Å². The average Bonchev–Trinajstić information content (AvgIpc) is 3.36. The Morgan fingerprint density at radius 1 is 0.853 bits per heavy atom. The van der Waals surface area contributed by atoms with Crippen LogP contribution in [0.15, 0.2) is 91.6 Å². The number of carbonyl (C=O) groups is 1. The Hall–Kier alpha value is -4.92. The summed E-state index contributed by atoms with van der Waals surface area (Å²) in [4.78, 5) is 37.2. The summed E-state index contributed by atoms with van der Waals surface area (Å²) >= 11 is 0. The van der Waals surface area contributed by atoms with Crippen molar-refractivity contribution in [2.45, 2.75) is 6.42 Å². The molecule has 34 heavy (non-hydrogen) atoms. The van der Waals surface area contributed by atoms with E-state index in [1.807, 2.05) is 54.6 Å². The summed E-state index contributed by atoms with van der Waals surface area (Å²) in [5, 5.41) is 6.08. The molecule has 4 aromatic heterocycles. The number of hydrogen-bond donors (Lipinski definition) is 3. The molecule has 0 saturated carbocycles. The summed E-state index contributed by atoms with van der Waals surface area (Å²) in [5.41, 5.74) is 4.47. The van der Waals surface area contributed by atoms with Crippen LogP contribution in [0.4, 0.5) is 17.3 Å². The number of nitrogens with one attached hydrogen (secondary N) is 3. The quantitative estimate of drug-likeness (QED) is 0.340. The number of nitrogens with zero attached hydrogens (tertiary/aromatic N) is 5. The third-order valence-corrected chi connectivity index (χ3v) is 4.91. The van der Waals surface area contributed by atoms with E-state index in [9.17, 15) is 4.79 Å². The van der Waals surface area contributed by atoms with Crippen LogP contribution in [0.5, 0.6) is 0 Å². The normalized spacial score (nSPS) is 10.6. The predicted molar refractivity (Wildman–Crippen MR) is 129 cm³/mol. The molecular formula is C25H20N8O. The number of aromatic amines is 1. The fourth-order valence-electron chi connectivity index (χ4n) is 3.35. The van der Waals surface area contributed by atoms with Crippen LogP contribution < -0.4 is 10.6 Å². The molecule has 3 N–H and O–H groups in total. The molecule has 166 valence electrons. The van der Waals surface area contributed by atoms with E-state index in [1.165, 1.54) is 0 Å². The highest BCUT2D eigenvalue weighted by Crippen LogP contribution is 2.22. The Balaban J connectivity index is 1.28. The fourth-order valence-corrected chi connectivity index (χ4v) is 3.35. The molecule has 4 heterocycles. The van der Waals surface area contributed by atoms with E-state index in [0.29, 0.717) is 28.8 Å². The van der Waals surface area contributed by atoms with Crippen LogP contribution in [0.1, 0.15) is 5.69 Å². The van der Waals surface area contributed by atoms with Crippen LogP contribution in [-0.2, 0) is 11.2 Å². The van der Waals surface area contributed by atoms with Crippen molar-refractivity contribution in [1.29, 1.82) is 0 Å². The minimum atomic E-state index is -0.141. The molecule has 0 atom stereocenters. The number of benzene rings is 1. The molecule has 0 aliphatic rings. The van der Waals surface area contributed by atoms with Gasteiger partial charge in [-0.15, -0.1) is 0 Å². The molecule has 9 nitrogen and oxygen atoms in total. The highest BCUT2D eigenvalue weighted by Gasteiger charge is 2.09. The van der Waals surface area contributed by atoms with Gasteiger partial charge in [0.05, 0.1) is 24.0 Å². The zero-order valence-electron chi connectivity index (χ0n) is 18.0. The number of amides is 1. The van der Waals surface area contributed by atoms with Crippen LogP contribution in [0.3, 0.4) is 0 Å². The smallest absolute Gasteiger partial charge is 0.230 e. The van der Waals surface area contributed by atoms with Gasteiger partial charge in [0.1, 0.15) is 5.82 Å². The lowest BCUT2D eigenvalue weighted by Crippen LogP contribution is -2.15. The minimum absolute atomic E-state index is 0.141. The lowest BCUT2D eigenvalue weighted by Gasteiger charge is -2.09. The van der Waals surface area contributed by atoms with Crippen molar-refractivity contribution in [2.75, 3.05) is 10.6 Å². The second kappa shape index (κ2) is 9.70. The number of carbonyl (C=O) groups excluding carboxylic acids is 1. The van der Waals surface area contributed by atoms with Gasteiger partial charge in [0.25, 0.3) is 0 Å². The maximum atomic E-state index is 12.3. The van der Waals surface area contributed by atoms with Crippen LogP contribution in [-0.4, -0.2) is 35.8 Å². The van der Waals surface area contributed by atoms with E-state index in [2.05, 4.69) is 40.5 Å². The monoisotopic (exact) mass is 448 g/mol. The summed E-state index contributed by atoms with van der Waals surface area (Å²) in [6, 6.07) is 18.5. The highest BCUT2D eigenvalue weighted by molar-refractivity contribution is 5.92. The van der Waals surface area contributed by atoms with Crippen LogP contribution in [0.25, 0.3) is 22.8 Å². The first-order valence-corrected chi connectivity index (χ1v) is 10.6. The lowest BCUT2D eigenvalue weighted by molar-refractivity contribution is -0.115. The van der Waals surface area contributed by atoms with Gasteiger partial charge in [-0.3, -0.25) is 14.8 Å². The number of anilines is 3. The zero-order valence-corrected chi connectivity index (χ0v) is 18.0. The zero-order chi connectivity index (χ0) is 23.2.